The maximum Gasteiger partial charge on any atom is 0.254 e. The molecule has 0 spiro atoms. The zero-order chi connectivity index (χ0) is 13.1. The Bertz CT molecular complexity index is 510. The molecule has 1 atom stereocenters. The molecular formula is C13H13FN2O2. The normalized spacial score (nSPS) is 19.4. The summed E-state index contributed by atoms with van der Waals surface area (Å²) in [4.78, 5) is 13.8. The average Bonchev–Trinajstić information content (AvgIpc) is 2.41. The largest absolute Gasteiger partial charge is 0.360 e. The third-order valence-corrected chi connectivity index (χ3v) is 2.93. The van der Waals surface area contributed by atoms with E-state index < -0.39 is 11.9 Å². The molecule has 0 saturated carbocycles. The molecule has 0 bridgehead atoms. The van der Waals surface area contributed by atoms with Gasteiger partial charge in [0.2, 0.25) is 0 Å². The fraction of sp³-hybridized carbons (Fsp3) is 0.385. The number of rotatable bonds is 1. The molecule has 5 heteroatoms. The summed E-state index contributed by atoms with van der Waals surface area (Å²) >= 11 is 0. The number of nitriles is 1. The average molecular weight is 248 g/mol. The van der Waals surface area contributed by atoms with Crippen molar-refractivity contribution in [3.8, 4) is 6.07 Å². The quantitative estimate of drug-likeness (QED) is 0.756. The number of halogens is 1. The van der Waals surface area contributed by atoms with Gasteiger partial charge >= 0.3 is 0 Å². The second kappa shape index (κ2) is 5.15. The Labute approximate surface area is 105 Å². The second-order valence-electron chi connectivity index (χ2n) is 4.20. The summed E-state index contributed by atoms with van der Waals surface area (Å²) in [6.07, 6.45) is -0.600. The summed E-state index contributed by atoms with van der Waals surface area (Å²) in [7, 11) is 0. The molecule has 18 heavy (non-hydrogen) atoms. The lowest BCUT2D eigenvalue weighted by atomic mass is 10.1. The molecule has 1 aromatic rings. The molecule has 1 aromatic carbocycles. The van der Waals surface area contributed by atoms with Gasteiger partial charge in [0.1, 0.15) is 5.82 Å². The smallest absolute Gasteiger partial charge is 0.254 e. The van der Waals surface area contributed by atoms with E-state index >= 15 is 0 Å². The minimum atomic E-state index is -0.600. The molecule has 1 amide bonds. The lowest BCUT2D eigenvalue weighted by molar-refractivity contribution is 0.00341. The lowest BCUT2D eigenvalue weighted by Crippen LogP contribution is -2.45. The van der Waals surface area contributed by atoms with E-state index in [1.807, 2.05) is 6.07 Å². The van der Waals surface area contributed by atoms with Gasteiger partial charge in [-0.25, -0.2) is 4.39 Å². The Balaban J connectivity index is 2.21. The highest BCUT2D eigenvalue weighted by molar-refractivity contribution is 5.95. The van der Waals surface area contributed by atoms with Gasteiger partial charge in [-0.3, -0.25) is 4.79 Å². The van der Waals surface area contributed by atoms with Crippen LogP contribution in [0.2, 0.25) is 0 Å². The van der Waals surface area contributed by atoms with Gasteiger partial charge < -0.3 is 9.64 Å². The van der Waals surface area contributed by atoms with Gasteiger partial charge in [0.25, 0.3) is 5.91 Å². The number of hydrogen-bond donors (Lipinski definition) is 0. The van der Waals surface area contributed by atoms with E-state index in [-0.39, 0.29) is 12.5 Å². The number of hydrogen-bond acceptors (Lipinski definition) is 3. The second-order valence-corrected chi connectivity index (χ2v) is 4.20. The Morgan fingerprint density at radius 1 is 1.61 bits per heavy atom. The van der Waals surface area contributed by atoms with Crippen LogP contribution in [0.25, 0.3) is 0 Å². The molecule has 0 aromatic heterocycles. The molecule has 1 heterocycles. The Morgan fingerprint density at radius 3 is 3.11 bits per heavy atom. The van der Waals surface area contributed by atoms with E-state index in [2.05, 4.69) is 0 Å². The number of carbonyl (C=O) groups is 1. The monoisotopic (exact) mass is 248 g/mol. The SMILES string of the molecule is Cc1ccc(F)cc1C(=O)N1CCOC(C#N)C1. The Morgan fingerprint density at radius 2 is 2.39 bits per heavy atom. The van der Waals surface area contributed by atoms with Crippen LogP contribution >= 0.6 is 0 Å². The zero-order valence-corrected chi connectivity index (χ0v) is 10.0. The molecular weight excluding hydrogens is 235 g/mol. The van der Waals surface area contributed by atoms with E-state index in [1.54, 1.807) is 13.0 Å². The summed E-state index contributed by atoms with van der Waals surface area (Å²) < 4.78 is 18.3. The van der Waals surface area contributed by atoms with Crippen LogP contribution in [-0.4, -0.2) is 36.6 Å². The maximum absolute atomic E-state index is 13.2. The molecule has 1 unspecified atom stereocenters. The first-order valence-corrected chi connectivity index (χ1v) is 5.68. The first kappa shape index (κ1) is 12.5. The third-order valence-electron chi connectivity index (χ3n) is 2.93. The summed E-state index contributed by atoms with van der Waals surface area (Å²) in [5, 5.41) is 8.79. The van der Waals surface area contributed by atoms with E-state index in [4.69, 9.17) is 10.00 Å². The van der Waals surface area contributed by atoms with Crippen molar-refractivity contribution >= 4 is 5.91 Å². The lowest BCUT2D eigenvalue weighted by Gasteiger charge is -2.30. The molecule has 0 N–H and O–H groups in total. The number of amides is 1. The molecule has 1 fully saturated rings. The molecule has 4 nitrogen and oxygen atoms in total. The van der Waals surface area contributed by atoms with Gasteiger partial charge in [0.05, 0.1) is 19.2 Å². The van der Waals surface area contributed by atoms with Crippen LogP contribution in [-0.2, 0) is 4.74 Å². The fourth-order valence-electron chi connectivity index (χ4n) is 1.91. The summed E-state index contributed by atoms with van der Waals surface area (Å²) in [6, 6.07) is 6.10. The molecule has 1 aliphatic rings. The highest BCUT2D eigenvalue weighted by Gasteiger charge is 2.25. The zero-order valence-electron chi connectivity index (χ0n) is 10.0. The predicted molar refractivity (Wildman–Crippen MR) is 62.4 cm³/mol. The van der Waals surface area contributed by atoms with Crippen molar-refractivity contribution in [3.63, 3.8) is 0 Å². The molecule has 1 saturated heterocycles. The van der Waals surface area contributed by atoms with Crippen molar-refractivity contribution in [1.29, 1.82) is 5.26 Å². The van der Waals surface area contributed by atoms with Gasteiger partial charge in [-0.2, -0.15) is 5.26 Å². The van der Waals surface area contributed by atoms with Crippen LogP contribution in [0, 0.1) is 24.1 Å². The van der Waals surface area contributed by atoms with Crippen molar-refractivity contribution in [2.75, 3.05) is 19.7 Å². The summed E-state index contributed by atoms with van der Waals surface area (Å²) in [5.74, 6) is -0.690. The summed E-state index contributed by atoms with van der Waals surface area (Å²) in [6.45, 7) is 2.74. The van der Waals surface area contributed by atoms with Crippen molar-refractivity contribution in [2.45, 2.75) is 13.0 Å². The molecule has 0 aliphatic carbocycles. The molecule has 1 aliphatic heterocycles. The minimum absolute atomic E-state index is 0.227. The highest BCUT2D eigenvalue weighted by Crippen LogP contribution is 2.15. The van der Waals surface area contributed by atoms with E-state index in [0.717, 1.165) is 5.56 Å². The highest BCUT2D eigenvalue weighted by atomic mass is 19.1. The van der Waals surface area contributed by atoms with Crippen LogP contribution in [0.15, 0.2) is 18.2 Å². The van der Waals surface area contributed by atoms with Crippen molar-refractivity contribution in [1.82, 2.24) is 4.90 Å². The van der Waals surface area contributed by atoms with Gasteiger partial charge in [-0.05, 0) is 24.6 Å². The van der Waals surface area contributed by atoms with Crippen LogP contribution < -0.4 is 0 Å². The van der Waals surface area contributed by atoms with E-state index in [9.17, 15) is 9.18 Å². The van der Waals surface area contributed by atoms with Crippen LogP contribution in [0.1, 0.15) is 15.9 Å². The van der Waals surface area contributed by atoms with E-state index in [1.165, 1.54) is 17.0 Å². The Kier molecular flexibility index (Phi) is 3.58. The topological polar surface area (TPSA) is 53.3 Å². The minimum Gasteiger partial charge on any atom is -0.360 e. The molecule has 2 rings (SSSR count). The number of carbonyl (C=O) groups excluding carboxylic acids is 1. The maximum atomic E-state index is 13.2. The number of morpholine rings is 1. The fourth-order valence-corrected chi connectivity index (χ4v) is 1.91. The van der Waals surface area contributed by atoms with Gasteiger partial charge in [0, 0.05) is 12.1 Å². The number of aryl methyl sites for hydroxylation is 1. The van der Waals surface area contributed by atoms with Gasteiger partial charge in [-0.1, -0.05) is 6.07 Å². The molecule has 0 radical (unpaired) electrons. The Hall–Kier alpha value is -1.93. The predicted octanol–water partition coefficient (Wildman–Crippen LogP) is 1.50. The van der Waals surface area contributed by atoms with Crippen molar-refractivity contribution in [2.24, 2.45) is 0 Å². The summed E-state index contributed by atoms with van der Waals surface area (Å²) in [5.41, 5.74) is 1.06. The number of ether oxygens (including phenoxy) is 1. The first-order chi connectivity index (χ1) is 8.61. The number of benzene rings is 1. The standard InChI is InChI=1S/C13H13FN2O2/c1-9-2-3-10(14)6-12(9)13(17)16-4-5-18-11(7-15)8-16/h2-3,6,11H,4-5,8H2,1H3. The van der Waals surface area contributed by atoms with Crippen LogP contribution in [0.3, 0.4) is 0 Å². The molecule has 94 valence electrons. The van der Waals surface area contributed by atoms with Crippen LogP contribution in [0.4, 0.5) is 4.39 Å². The van der Waals surface area contributed by atoms with E-state index in [0.29, 0.717) is 18.7 Å². The van der Waals surface area contributed by atoms with Crippen molar-refractivity contribution < 1.29 is 13.9 Å². The third kappa shape index (κ3) is 2.49. The van der Waals surface area contributed by atoms with Crippen molar-refractivity contribution in [3.05, 3.63) is 35.1 Å². The number of nitrogens with zero attached hydrogens (tertiary/aromatic N) is 2. The van der Waals surface area contributed by atoms with Gasteiger partial charge in [-0.15, -0.1) is 0 Å². The van der Waals surface area contributed by atoms with Crippen LogP contribution in [0.5, 0.6) is 0 Å². The first-order valence-electron chi connectivity index (χ1n) is 5.68. The van der Waals surface area contributed by atoms with Gasteiger partial charge in [0.15, 0.2) is 6.10 Å².